The van der Waals surface area contributed by atoms with E-state index in [1.165, 1.54) is 23.5 Å². The van der Waals surface area contributed by atoms with Crippen LogP contribution in [0, 0.1) is 5.82 Å². The molecule has 0 unspecified atom stereocenters. The normalized spacial score (nSPS) is 11.0. The Bertz CT molecular complexity index is 662. The minimum absolute atomic E-state index is 0.220. The van der Waals surface area contributed by atoms with Gasteiger partial charge in [0.1, 0.15) is 5.82 Å². The van der Waals surface area contributed by atoms with Crippen LogP contribution >= 0.6 is 11.3 Å². The van der Waals surface area contributed by atoms with Gasteiger partial charge in [0, 0.05) is 25.5 Å². The first-order valence-electron chi connectivity index (χ1n) is 6.07. The van der Waals surface area contributed by atoms with E-state index in [0.717, 1.165) is 34.9 Å². The monoisotopic (exact) mass is 276 g/mol. The van der Waals surface area contributed by atoms with E-state index >= 15 is 0 Å². The number of fused-ring (bicyclic) bond motifs is 1. The largest absolute Gasteiger partial charge is 0.361 e. The number of imidazole rings is 1. The van der Waals surface area contributed by atoms with E-state index in [-0.39, 0.29) is 5.82 Å². The summed E-state index contributed by atoms with van der Waals surface area (Å²) in [5.41, 5.74) is 0.837. The Kier molecular flexibility index (Phi) is 3.41. The lowest BCUT2D eigenvalue weighted by molar-refractivity contribution is 0.630. The third-order valence-electron chi connectivity index (χ3n) is 2.78. The fourth-order valence-electron chi connectivity index (χ4n) is 1.85. The third kappa shape index (κ3) is 2.90. The molecule has 0 aliphatic heterocycles. The maximum Gasteiger partial charge on any atom is 0.183 e. The molecule has 0 saturated carbocycles. The summed E-state index contributed by atoms with van der Waals surface area (Å²) in [5, 5.41) is 4.11. The van der Waals surface area contributed by atoms with Gasteiger partial charge in [-0.1, -0.05) is 11.3 Å². The number of hydrogen-bond donors (Lipinski definition) is 1. The molecular formula is C13H13FN4S. The van der Waals surface area contributed by atoms with Gasteiger partial charge in [0.15, 0.2) is 5.13 Å². The van der Waals surface area contributed by atoms with Crippen molar-refractivity contribution in [1.82, 2.24) is 14.5 Å². The average molecular weight is 276 g/mol. The molecular weight excluding hydrogens is 263 g/mol. The molecule has 1 aromatic carbocycles. The highest BCUT2D eigenvalue weighted by Gasteiger charge is 2.04. The highest BCUT2D eigenvalue weighted by molar-refractivity contribution is 7.22. The van der Waals surface area contributed by atoms with Gasteiger partial charge in [-0.05, 0) is 24.6 Å². The number of aryl methyl sites for hydroxylation is 1. The van der Waals surface area contributed by atoms with Crippen LogP contribution in [-0.2, 0) is 6.54 Å². The van der Waals surface area contributed by atoms with E-state index in [0.29, 0.717) is 0 Å². The molecule has 0 aliphatic carbocycles. The number of nitrogens with one attached hydrogen (secondary N) is 1. The number of nitrogens with zero attached hydrogens (tertiary/aromatic N) is 3. The molecule has 4 nitrogen and oxygen atoms in total. The van der Waals surface area contributed by atoms with Crippen molar-refractivity contribution in [2.24, 2.45) is 0 Å². The minimum Gasteiger partial charge on any atom is -0.361 e. The Balaban J connectivity index is 1.56. The van der Waals surface area contributed by atoms with Gasteiger partial charge in [0.2, 0.25) is 0 Å². The molecule has 0 bridgehead atoms. The molecule has 2 aromatic heterocycles. The molecule has 3 rings (SSSR count). The zero-order chi connectivity index (χ0) is 13.1. The van der Waals surface area contributed by atoms with Crippen molar-refractivity contribution in [3.8, 4) is 0 Å². The first-order valence-corrected chi connectivity index (χ1v) is 6.88. The van der Waals surface area contributed by atoms with Crippen LogP contribution in [0.1, 0.15) is 6.42 Å². The molecule has 19 heavy (non-hydrogen) atoms. The molecule has 0 atom stereocenters. The number of benzene rings is 1. The van der Waals surface area contributed by atoms with Gasteiger partial charge < -0.3 is 9.88 Å². The summed E-state index contributed by atoms with van der Waals surface area (Å²) in [6.45, 7) is 1.76. The number of anilines is 1. The molecule has 0 saturated heterocycles. The van der Waals surface area contributed by atoms with Crippen LogP contribution in [0.2, 0.25) is 0 Å². The van der Waals surface area contributed by atoms with Crippen LogP contribution in [0.15, 0.2) is 36.9 Å². The molecule has 2 heterocycles. The highest BCUT2D eigenvalue weighted by Crippen LogP contribution is 2.26. The molecule has 0 radical (unpaired) electrons. The summed E-state index contributed by atoms with van der Waals surface area (Å²) < 4.78 is 16.0. The zero-order valence-corrected chi connectivity index (χ0v) is 11.0. The van der Waals surface area contributed by atoms with E-state index in [4.69, 9.17) is 0 Å². The van der Waals surface area contributed by atoms with Gasteiger partial charge >= 0.3 is 0 Å². The Morgan fingerprint density at radius 3 is 3.16 bits per heavy atom. The van der Waals surface area contributed by atoms with Gasteiger partial charge in [-0.3, -0.25) is 0 Å². The Morgan fingerprint density at radius 1 is 1.37 bits per heavy atom. The topological polar surface area (TPSA) is 42.7 Å². The van der Waals surface area contributed by atoms with Crippen molar-refractivity contribution in [2.45, 2.75) is 13.0 Å². The quantitative estimate of drug-likeness (QED) is 0.728. The minimum atomic E-state index is -0.220. The second kappa shape index (κ2) is 5.36. The fourth-order valence-corrected chi connectivity index (χ4v) is 2.77. The van der Waals surface area contributed by atoms with Crippen molar-refractivity contribution in [3.63, 3.8) is 0 Å². The van der Waals surface area contributed by atoms with Crippen molar-refractivity contribution < 1.29 is 4.39 Å². The smallest absolute Gasteiger partial charge is 0.183 e. The molecule has 0 amide bonds. The van der Waals surface area contributed by atoms with Gasteiger partial charge in [-0.2, -0.15) is 0 Å². The summed E-state index contributed by atoms with van der Waals surface area (Å²) in [5.74, 6) is -0.220. The molecule has 1 N–H and O–H groups in total. The van der Waals surface area contributed by atoms with Crippen LogP contribution < -0.4 is 5.32 Å². The first-order chi connectivity index (χ1) is 9.31. The number of thiazole rings is 1. The van der Waals surface area contributed by atoms with Crippen molar-refractivity contribution in [3.05, 3.63) is 42.7 Å². The second-order valence-corrected chi connectivity index (χ2v) is 5.24. The Labute approximate surface area is 113 Å². The van der Waals surface area contributed by atoms with E-state index in [9.17, 15) is 4.39 Å². The van der Waals surface area contributed by atoms with E-state index in [1.807, 2.05) is 10.8 Å². The number of rotatable bonds is 5. The second-order valence-electron chi connectivity index (χ2n) is 4.21. The molecule has 0 fully saturated rings. The molecule has 0 spiro atoms. The van der Waals surface area contributed by atoms with Crippen LogP contribution in [0.3, 0.4) is 0 Å². The van der Waals surface area contributed by atoms with E-state index in [1.54, 1.807) is 18.6 Å². The highest BCUT2D eigenvalue weighted by atomic mass is 32.1. The fraction of sp³-hybridized carbons (Fsp3) is 0.231. The first kappa shape index (κ1) is 12.1. The number of hydrogen-bond acceptors (Lipinski definition) is 4. The predicted molar refractivity (Wildman–Crippen MR) is 74.9 cm³/mol. The standard InChI is InChI=1S/C13H13FN4S/c14-10-2-3-11-12(8-10)19-13(17-11)16-4-1-6-18-7-5-15-9-18/h2-3,5,7-9H,1,4,6H2,(H,16,17). The van der Waals surface area contributed by atoms with Crippen molar-refractivity contribution in [1.29, 1.82) is 0 Å². The van der Waals surface area contributed by atoms with Gasteiger partial charge in [0.05, 0.1) is 16.5 Å². The lowest BCUT2D eigenvalue weighted by Crippen LogP contribution is -2.05. The van der Waals surface area contributed by atoms with Crippen LogP contribution in [0.4, 0.5) is 9.52 Å². The van der Waals surface area contributed by atoms with Crippen molar-refractivity contribution >= 4 is 26.7 Å². The number of aromatic nitrogens is 3. The maximum absolute atomic E-state index is 13.1. The van der Waals surface area contributed by atoms with Gasteiger partial charge in [0.25, 0.3) is 0 Å². The summed E-state index contributed by atoms with van der Waals surface area (Å²) >= 11 is 1.48. The Hall–Kier alpha value is -1.95. The number of halogens is 1. The third-order valence-corrected chi connectivity index (χ3v) is 3.75. The SMILES string of the molecule is Fc1ccc2nc(NCCCn3ccnc3)sc2c1. The van der Waals surface area contributed by atoms with Crippen LogP contribution in [0.5, 0.6) is 0 Å². The predicted octanol–water partition coefficient (Wildman–Crippen LogP) is 3.13. The summed E-state index contributed by atoms with van der Waals surface area (Å²) in [4.78, 5) is 8.40. The molecule has 0 aliphatic rings. The lowest BCUT2D eigenvalue weighted by atomic mass is 10.3. The van der Waals surface area contributed by atoms with Gasteiger partial charge in [-0.25, -0.2) is 14.4 Å². The van der Waals surface area contributed by atoms with Crippen LogP contribution in [-0.4, -0.2) is 21.1 Å². The molecule has 6 heteroatoms. The van der Waals surface area contributed by atoms with E-state index in [2.05, 4.69) is 15.3 Å². The summed E-state index contributed by atoms with van der Waals surface area (Å²) in [6, 6.07) is 4.66. The van der Waals surface area contributed by atoms with E-state index < -0.39 is 0 Å². The Morgan fingerprint density at radius 2 is 2.32 bits per heavy atom. The zero-order valence-electron chi connectivity index (χ0n) is 10.2. The van der Waals surface area contributed by atoms with Crippen molar-refractivity contribution in [2.75, 3.05) is 11.9 Å². The lowest BCUT2D eigenvalue weighted by Gasteiger charge is -2.02. The maximum atomic E-state index is 13.1. The average Bonchev–Trinajstić information content (AvgIpc) is 3.02. The van der Waals surface area contributed by atoms with Gasteiger partial charge in [-0.15, -0.1) is 0 Å². The summed E-state index contributed by atoms with van der Waals surface area (Å²) in [6.07, 6.45) is 6.51. The molecule has 3 aromatic rings. The molecule has 98 valence electrons. The summed E-state index contributed by atoms with van der Waals surface area (Å²) in [7, 11) is 0. The van der Waals surface area contributed by atoms with Crippen LogP contribution in [0.25, 0.3) is 10.2 Å².